The zero-order valence-electron chi connectivity index (χ0n) is 9.23. The first kappa shape index (κ1) is 15.8. The van der Waals surface area contributed by atoms with Crippen LogP contribution in [0.5, 0.6) is 0 Å². The number of benzene rings is 2. The summed E-state index contributed by atoms with van der Waals surface area (Å²) in [4.78, 5) is 0. The fourth-order valence-electron chi connectivity index (χ4n) is 1.61. The maximum atomic E-state index is 14.0. The molecule has 2 rings (SSSR count). The molecule has 0 aliphatic heterocycles. The van der Waals surface area contributed by atoms with Crippen LogP contribution in [0.1, 0.15) is 16.5 Å². The van der Waals surface area contributed by atoms with Gasteiger partial charge in [0.15, 0.2) is 0 Å². The van der Waals surface area contributed by atoms with Crippen LogP contribution in [0, 0.1) is 5.82 Å². The maximum Gasteiger partial charge on any atom is 0.129 e. The summed E-state index contributed by atoms with van der Waals surface area (Å²) in [6.45, 7) is 0. The van der Waals surface area contributed by atoms with Gasteiger partial charge in [0.1, 0.15) is 5.82 Å². The maximum absolute atomic E-state index is 14.0. The van der Waals surface area contributed by atoms with Crippen LogP contribution in [0.25, 0.3) is 0 Å². The lowest BCUT2D eigenvalue weighted by Crippen LogP contribution is -1.99. The zero-order chi connectivity index (χ0) is 14.2. The summed E-state index contributed by atoms with van der Waals surface area (Å²) in [6.07, 6.45) is 0. The average Bonchev–Trinajstić information content (AvgIpc) is 2.36. The van der Waals surface area contributed by atoms with E-state index < -0.39 is 11.2 Å². The Morgan fingerprint density at radius 1 is 0.947 bits per heavy atom. The topological polar surface area (TPSA) is 0 Å². The second-order valence-corrected chi connectivity index (χ2v) is 7.28. The lowest BCUT2D eigenvalue weighted by molar-refractivity contribution is 0.611. The van der Waals surface area contributed by atoms with Crippen LogP contribution in [-0.2, 0) is 0 Å². The Bertz CT molecular complexity index is 632. The van der Waals surface area contributed by atoms with E-state index in [4.69, 9.17) is 23.2 Å². The molecule has 100 valence electrons. The molecule has 2 aromatic carbocycles. The monoisotopic (exact) mass is 488 g/mol. The van der Waals surface area contributed by atoms with Gasteiger partial charge in [0.05, 0.1) is 10.4 Å². The number of rotatable bonds is 2. The highest BCUT2D eigenvalue weighted by molar-refractivity contribution is 9.11. The molecule has 0 saturated carbocycles. The molecule has 0 fully saturated rings. The van der Waals surface area contributed by atoms with Gasteiger partial charge in [-0.2, -0.15) is 0 Å². The van der Waals surface area contributed by atoms with E-state index in [1.54, 1.807) is 0 Å². The quantitative estimate of drug-likeness (QED) is 0.311. The SMILES string of the molecule is Fc1cc(Br)c(Cl)cc1C(Cl)c1cc(Br)ccc1Br. The predicted octanol–water partition coefficient (Wildman–Crippen LogP) is 7.09. The molecule has 1 atom stereocenters. The van der Waals surface area contributed by atoms with Crippen molar-refractivity contribution in [2.24, 2.45) is 0 Å². The van der Waals surface area contributed by atoms with Crippen LogP contribution in [0.4, 0.5) is 4.39 Å². The normalized spacial score (nSPS) is 12.5. The van der Waals surface area contributed by atoms with Crippen LogP contribution >= 0.6 is 71.0 Å². The van der Waals surface area contributed by atoms with E-state index in [1.165, 1.54) is 12.1 Å². The molecule has 6 heteroatoms. The summed E-state index contributed by atoms with van der Waals surface area (Å²) in [6, 6.07) is 8.43. The van der Waals surface area contributed by atoms with Crippen molar-refractivity contribution in [3.8, 4) is 0 Å². The summed E-state index contributed by atoms with van der Waals surface area (Å²) < 4.78 is 16.2. The third kappa shape index (κ3) is 3.53. The van der Waals surface area contributed by atoms with Crippen LogP contribution in [0.15, 0.2) is 43.7 Å². The van der Waals surface area contributed by atoms with E-state index in [-0.39, 0.29) is 0 Å². The highest BCUT2D eigenvalue weighted by atomic mass is 79.9. The number of alkyl halides is 1. The van der Waals surface area contributed by atoms with E-state index in [0.29, 0.717) is 15.1 Å². The standard InChI is InChI=1S/C13H6Br3Cl2F/c14-6-1-2-9(15)7(3-6)13(18)8-4-11(17)10(16)5-12(8)19/h1-5,13H. The smallest absolute Gasteiger partial charge is 0.129 e. The summed E-state index contributed by atoms with van der Waals surface area (Å²) in [5, 5.41) is -0.203. The van der Waals surface area contributed by atoms with E-state index in [1.807, 2.05) is 18.2 Å². The largest absolute Gasteiger partial charge is 0.207 e. The molecule has 0 radical (unpaired) electrons. The molecule has 0 amide bonds. The molecule has 2 aromatic rings. The molecular formula is C13H6Br3Cl2F. The van der Waals surface area contributed by atoms with Crippen LogP contribution in [0.3, 0.4) is 0 Å². The lowest BCUT2D eigenvalue weighted by Gasteiger charge is -2.14. The van der Waals surface area contributed by atoms with Crippen molar-refractivity contribution in [1.29, 1.82) is 0 Å². The molecule has 0 bridgehead atoms. The highest BCUT2D eigenvalue weighted by Crippen LogP contribution is 2.38. The Labute approximate surface area is 145 Å². The highest BCUT2D eigenvalue weighted by Gasteiger charge is 2.19. The average molecular weight is 492 g/mol. The Kier molecular flexibility index (Phi) is 5.34. The van der Waals surface area contributed by atoms with Crippen molar-refractivity contribution < 1.29 is 4.39 Å². The van der Waals surface area contributed by atoms with Gasteiger partial charge in [0, 0.05) is 19.0 Å². The minimum Gasteiger partial charge on any atom is -0.207 e. The van der Waals surface area contributed by atoms with E-state index in [2.05, 4.69) is 47.8 Å². The number of halogens is 6. The van der Waals surface area contributed by atoms with Crippen molar-refractivity contribution in [2.75, 3.05) is 0 Å². The van der Waals surface area contributed by atoms with Gasteiger partial charge < -0.3 is 0 Å². The van der Waals surface area contributed by atoms with Crippen LogP contribution in [0.2, 0.25) is 5.02 Å². The minimum atomic E-state index is -0.627. The van der Waals surface area contributed by atoms with Gasteiger partial charge >= 0.3 is 0 Å². The van der Waals surface area contributed by atoms with Crippen molar-refractivity contribution in [3.63, 3.8) is 0 Å². The first-order valence-electron chi connectivity index (χ1n) is 5.13. The Balaban J connectivity index is 2.52. The Hall–Kier alpha value is 0.390. The van der Waals surface area contributed by atoms with Gasteiger partial charge in [0.25, 0.3) is 0 Å². The van der Waals surface area contributed by atoms with Gasteiger partial charge in [-0.3, -0.25) is 0 Å². The Morgan fingerprint density at radius 2 is 1.63 bits per heavy atom. The molecular weight excluding hydrogens is 486 g/mol. The molecule has 0 N–H and O–H groups in total. The molecule has 0 aliphatic rings. The van der Waals surface area contributed by atoms with Gasteiger partial charge in [-0.15, -0.1) is 11.6 Å². The molecule has 0 spiro atoms. The molecule has 19 heavy (non-hydrogen) atoms. The predicted molar refractivity (Wildman–Crippen MR) is 88.6 cm³/mol. The number of hydrogen-bond acceptors (Lipinski definition) is 0. The first-order chi connectivity index (χ1) is 8.90. The zero-order valence-corrected chi connectivity index (χ0v) is 15.5. The summed E-state index contributed by atoms with van der Waals surface area (Å²) in [7, 11) is 0. The fraction of sp³-hybridized carbons (Fsp3) is 0.0769. The first-order valence-corrected chi connectivity index (χ1v) is 8.33. The molecule has 0 saturated heterocycles. The third-order valence-electron chi connectivity index (χ3n) is 2.54. The van der Waals surface area contributed by atoms with E-state index in [0.717, 1.165) is 14.5 Å². The summed E-state index contributed by atoms with van der Waals surface area (Å²) >= 11 is 22.3. The van der Waals surface area contributed by atoms with Crippen LogP contribution < -0.4 is 0 Å². The van der Waals surface area contributed by atoms with Crippen molar-refractivity contribution in [2.45, 2.75) is 5.38 Å². The van der Waals surface area contributed by atoms with Gasteiger partial charge in [-0.1, -0.05) is 43.5 Å². The molecule has 1 unspecified atom stereocenters. The third-order valence-corrected chi connectivity index (χ3v) is 5.43. The van der Waals surface area contributed by atoms with E-state index in [9.17, 15) is 4.39 Å². The van der Waals surface area contributed by atoms with Gasteiger partial charge in [0.2, 0.25) is 0 Å². The molecule has 0 aromatic heterocycles. The Morgan fingerprint density at radius 3 is 2.32 bits per heavy atom. The molecule has 0 aliphatic carbocycles. The van der Waals surface area contributed by atoms with Crippen molar-refractivity contribution in [3.05, 3.63) is 65.7 Å². The number of hydrogen-bond donors (Lipinski definition) is 0. The second-order valence-electron chi connectivity index (χ2n) is 3.82. The van der Waals surface area contributed by atoms with Crippen LogP contribution in [-0.4, -0.2) is 0 Å². The molecule has 0 heterocycles. The van der Waals surface area contributed by atoms with Crippen molar-refractivity contribution in [1.82, 2.24) is 0 Å². The second kappa shape index (κ2) is 6.44. The summed E-state index contributed by atoms with van der Waals surface area (Å²) in [5.41, 5.74) is 1.11. The molecule has 0 nitrogen and oxygen atoms in total. The van der Waals surface area contributed by atoms with Gasteiger partial charge in [-0.05, 0) is 51.8 Å². The van der Waals surface area contributed by atoms with Crippen molar-refractivity contribution >= 4 is 71.0 Å². The summed E-state index contributed by atoms with van der Waals surface area (Å²) in [5.74, 6) is -0.400. The van der Waals surface area contributed by atoms with E-state index >= 15 is 0 Å². The minimum absolute atomic E-state index is 0.341. The fourth-order valence-corrected chi connectivity index (χ4v) is 3.43. The lowest BCUT2D eigenvalue weighted by atomic mass is 10.0. The van der Waals surface area contributed by atoms with Gasteiger partial charge in [-0.25, -0.2) is 4.39 Å².